The van der Waals surface area contributed by atoms with Crippen molar-refractivity contribution in [2.24, 2.45) is 0 Å². The van der Waals surface area contributed by atoms with Gasteiger partial charge in [-0.25, -0.2) is 0 Å². The molecule has 0 aliphatic carbocycles. The predicted molar refractivity (Wildman–Crippen MR) is 124 cm³/mol. The van der Waals surface area contributed by atoms with Crippen LogP contribution in [0.2, 0.25) is 5.02 Å². The fourth-order valence-electron chi connectivity index (χ4n) is 3.19. The molecule has 2 heterocycles. The quantitative estimate of drug-likeness (QED) is 0.345. The van der Waals surface area contributed by atoms with Crippen molar-refractivity contribution in [1.82, 2.24) is 14.6 Å². The Balaban J connectivity index is 1.65. The second-order valence-corrected chi connectivity index (χ2v) is 8.49. The summed E-state index contributed by atoms with van der Waals surface area (Å²) in [6.07, 6.45) is 5.42. The Morgan fingerprint density at radius 3 is 2.39 bits per heavy atom. The molecule has 0 fully saturated rings. The number of benzene rings is 2. The van der Waals surface area contributed by atoms with Crippen LogP contribution in [0, 0.1) is 13.8 Å². The Morgan fingerprint density at radius 2 is 1.77 bits per heavy atom. The van der Waals surface area contributed by atoms with E-state index >= 15 is 0 Å². The van der Waals surface area contributed by atoms with Gasteiger partial charge in [0.25, 0.3) is 5.56 Å². The zero-order chi connectivity index (χ0) is 22.1. The van der Waals surface area contributed by atoms with Crippen LogP contribution in [0.3, 0.4) is 0 Å². The zero-order valence-corrected chi connectivity index (χ0v) is 18.6. The standard InChI is InChI=1S/C23H18ClN3O3S/c1-13-10-17(11-14(2)21(13)30-15(3)28)12-19-22(29)27-23(31-19)25-20(26-27)9-6-16-4-7-18(24)8-5-16/h4-12H,1-3H3. The molecule has 0 N–H and O–H groups in total. The van der Waals surface area contributed by atoms with Gasteiger partial charge in [-0.15, -0.1) is 5.10 Å². The van der Waals surface area contributed by atoms with Gasteiger partial charge in [-0.05, 0) is 72.5 Å². The molecule has 0 amide bonds. The number of thiazole rings is 1. The normalized spacial score (nSPS) is 12.2. The second-order valence-electron chi connectivity index (χ2n) is 7.04. The molecule has 156 valence electrons. The summed E-state index contributed by atoms with van der Waals surface area (Å²) in [6, 6.07) is 11.1. The first-order valence-electron chi connectivity index (χ1n) is 9.45. The molecule has 2 aromatic heterocycles. The topological polar surface area (TPSA) is 73.6 Å². The maximum atomic E-state index is 12.8. The van der Waals surface area contributed by atoms with E-state index in [-0.39, 0.29) is 11.5 Å². The molecule has 0 saturated carbocycles. The summed E-state index contributed by atoms with van der Waals surface area (Å²) in [5.74, 6) is 0.644. The molecule has 31 heavy (non-hydrogen) atoms. The fraction of sp³-hybridized carbons (Fsp3) is 0.130. The van der Waals surface area contributed by atoms with Gasteiger partial charge in [0, 0.05) is 11.9 Å². The van der Waals surface area contributed by atoms with Gasteiger partial charge in [0.1, 0.15) is 5.75 Å². The Kier molecular flexibility index (Phi) is 5.71. The van der Waals surface area contributed by atoms with Gasteiger partial charge in [-0.2, -0.15) is 9.50 Å². The highest BCUT2D eigenvalue weighted by Crippen LogP contribution is 2.25. The molecule has 0 aliphatic heterocycles. The van der Waals surface area contributed by atoms with Crippen molar-refractivity contribution >= 4 is 52.1 Å². The van der Waals surface area contributed by atoms with E-state index in [1.807, 2.05) is 44.2 Å². The molecule has 8 heteroatoms. The summed E-state index contributed by atoms with van der Waals surface area (Å²) in [5.41, 5.74) is 3.22. The molecule has 0 unspecified atom stereocenters. The van der Waals surface area contributed by atoms with E-state index in [2.05, 4.69) is 10.1 Å². The minimum absolute atomic E-state index is 0.224. The lowest BCUT2D eigenvalue weighted by Gasteiger charge is -2.10. The molecule has 6 nitrogen and oxygen atoms in total. The number of aromatic nitrogens is 3. The third-order valence-corrected chi connectivity index (χ3v) is 5.73. The predicted octanol–water partition coefficient (Wildman–Crippen LogP) is 4.06. The molecular formula is C23H18ClN3O3S. The molecule has 4 aromatic rings. The lowest BCUT2D eigenvalue weighted by atomic mass is 10.1. The first kappa shape index (κ1) is 21.0. The Morgan fingerprint density at radius 1 is 1.10 bits per heavy atom. The number of carbonyl (C=O) groups excluding carboxylic acids is 1. The van der Waals surface area contributed by atoms with Gasteiger partial charge in [0.2, 0.25) is 4.96 Å². The van der Waals surface area contributed by atoms with Crippen LogP contribution in [0.25, 0.3) is 23.2 Å². The average molecular weight is 452 g/mol. The molecular weight excluding hydrogens is 434 g/mol. The lowest BCUT2D eigenvalue weighted by Crippen LogP contribution is -2.23. The highest BCUT2D eigenvalue weighted by atomic mass is 35.5. The summed E-state index contributed by atoms with van der Waals surface area (Å²) < 4.78 is 7.11. The molecule has 2 aromatic carbocycles. The number of hydrogen-bond acceptors (Lipinski definition) is 6. The van der Waals surface area contributed by atoms with Crippen LogP contribution in [0.5, 0.6) is 5.75 Å². The SMILES string of the molecule is CC(=O)Oc1c(C)cc(C=c2sc3nc(C=Cc4ccc(Cl)cc4)nn3c2=O)cc1C. The van der Waals surface area contributed by atoms with Crippen LogP contribution in [0.1, 0.15) is 35.0 Å². The largest absolute Gasteiger partial charge is 0.426 e. The van der Waals surface area contributed by atoms with Crippen LogP contribution in [0.4, 0.5) is 0 Å². The third-order valence-electron chi connectivity index (χ3n) is 4.52. The van der Waals surface area contributed by atoms with Crippen LogP contribution >= 0.6 is 22.9 Å². The number of carbonyl (C=O) groups is 1. The summed E-state index contributed by atoms with van der Waals surface area (Å²) >= 11 is 7.17. The van der Waals surface area contributed by atoms with Crippen LogP contribution in [-0.2, 0) is 4.79 Å². The minimum atomic E-state index is -0.365. The van der Waals surface area contributed by atoms with Gasteiger partial charge < -0.3 is 4.74 Å². The number of halogens is 1. The van der Waals surface area contributed by atoms with Crippen molar-refractivity contribution in [2.45, 2.75) is 20.8 Å². The van der Waals surface area contributed by atoms with Crippen molar-refractivity contribution in [3.05, 3.63) is 84.4 Å². The maximum absolute atomic E-state index is 12.8. The summed E-state index contributed by atoms with van der Waals surface area (Å²) in [4.78, 5) is 29.0. The van der Waals surface area contributed by atoms with E-state index in [0.717, 1.165) is 22.3 Å². The smallest absolute Gasteiger partial charge is 0.308 e. The monoisotopic (exact) mass is 451 g/mol. The first-order valence-corrected chi connectivity index (χ1v) is 10.6. The number of rotatable bonds is 4. The number of esters is 1. The van der Waals surface area contributed by atoms with Crippen molar-refractivity contribution in [3.63, 3.8) is 0 Å². The highest BCUT2D eigenvalue weighted by molar-refractivity contribution is 7.15. The first-order chi connectivity index (χ1) is 14.8. The number of aryl methyl sites for hydroxylation is 2. The van der Waals surface area contributed by atoms with Gasteiger partial charge in [0.15, 0.2) is 5.82 Å². The van der Waals surface area contributed by atoms with Crippen LogP contribution in [-0.4, -0.2) is 20.6 Å². The van der Waals surface area contributed by atoms with Crippen molar-refractivity contribution in [2.75, 3.05) is 0 Å². The van der Waals surface area contributed by atoms with Gasteiger partial charge in [-0.1, -0.05) is 41.1 Å². The molecule has 0 aliphatic rings. The molecule has 0 saturated heterocycles. The highest BCUT2D eigenvalue weighted by Gasteiger charge is 2.11. The van der Waals surface area contributed by atoms with Crippen molar-refractivity contribution in [1.29, 1.82) is 0 Å². The number of ether oxygens (including phenoxy) is 1. The van der Waals surface area contributed by atoms with Crippen LogP contribution < -0.4 is 14.8 Å². The molecule has 4 rings (SSSR count). The molecule has 0 radical (unpaired) electrons. The van der Waals surface area contributed by atoms with Gasteiger partial charge in [0.05, 0.1) is 4.53 Å². The Bertz CT molecular complexity index is 1410. The third kappa shape index (κ3) is 4.57. The number of nitrogens with zero attached hydrogens (tertiary/aromatic N) is 3. The van der Waals surface area contributed by atoms with E-state index in [0.29, 0.717) is 26.1 Å². The number of hydrogen-bond donors (Lipinski definition) is 0. The molecule has 0 bridgehead atoms. The zero-order valence-electron chi connectivity index (χ0n) is 17.0. The van der Waals surface area contributed by atoms with Gasteiger partial charge in [-0.3, -0.25) is 9.59 Å². The van der Waals surface area contributed by atoms with E-state index in [1.54, 1.807) is 24.3 Å². The van der Waals surface area contributed by atoms with Crippen molar-refractivity contribution in [3.8, 4) is 5.75 Å². The van der Waals surface area contributed by atoms with E-state index in [1.165, 1.54) is 22.8 Å². The fourth-order valence-corrected chi connectivity index (χ4v) is 4.23. The maximum Gasteiger partial charge on any atom is 0.308 e. The van der Waals surface area contributed by atoms with E-state index in [4.69, 9.17) is 16.3 Å². The second kappa shape index (κ2) is 8.45. The summed E-state index contributed by atoms with van der Waals surface area (Å²) in [5, 5.41) is 4.97. The van der Waals surface area contributed by atoms with Gasteiger partial charge >= 0.3 is 5.97 Å². The van der Waals surface area contributed by atoms with E-state index < -0.39 is 0 Å². The molecule has 0 spiro atoms. The minimum Gasteiger partial charge on any atom is -0.426 e. The van der Waals surface area contributed by atoms with Crippen molar-refractivity contribution < 1.29 is 9.53 Å². The summed E-state index contributed by atoms with van der Waals surface area (Å²) in [6.45, 7) is 5.10. The summed E-state index contributed by atoms with van der Waals surface area (Å²) in [7, 11) is 0. The average Bonchev–Trinajstić information content (AvgIpc) is 3.23. The van der Waals surface area contributed by atoms with E-state index in [9.17, 15) is 9.59 Å². The molecule has 0 atom stereocenters. The number of fused-ring (bicyclic) bond motifs is 1. The Labute approximate surface area is 187 Å². The van der Waals surface area contributed by atoms with Crippen LogP contribution in [0.15, 0.2) is 41.2 Å². The Hall–Kier alpha value is -3.29. The lowest BCUT2D eigenvalue weighted by molar-refractivity contribution is -0.131.